The van der Waals surface area contributed by atoms with Crippen molar-refractivity contribution in [3.8, 4) is 57.1 Å². The molecule has 14 aromatic rings. The van der Waals surface area contributed by atoms with Crippen molar-refractivity contribution < 1.29 is 27.3 Å². The molecular weight excluding hydrogens is 1350 g/mol. The number of benzene rings is 4. The number of aromatic nitrogens is 15. The molecule has 16 nitrogen and oxygen atoms in total. The van der Waals surface area contributed by atoms with Crippen LogP contribution in [0.5, 0.6) is 0 Å². The van der Waals surface area contributed by atoms with Gasteiger partial charge in [-0.2, -0.15) is 0 Å². The number of pyridine rings is 1. The molecule has 0 aliphatic rings. The highest BCUT2D eigenvalue weighted by Gasteiger charge is 2.23. The molecule has 0 saturated carbocycles. The first-order valence-electron chi connectivity index (χ1n) is 39.7. The van der Waals surface area contributed by atoms with E-state index in [0.717, 1.165) is 51.0 Å². The minimum absolute atomic E-state index is 0.945. The predicted octanol–water partition coefficient (Wildman–Crippen LogP) is 22.7. The zero-order valence-corrected chi connectivity index (χ0v) is 75.6. The molecule has 0 N–H and O–H groups in total. The fraction of sp³-hybridized carbons (Fsp3) is 0.429. The Labute approximate surface area is 659 Å². The molecule has 14 rings (SSSR count). The van der Waals surface area contributed by atoms with Crippen LogP contribution in [-0.4, -0.2) is 47.8 Å². The van der Waals surface area contributed by atoms with E-state index in [4.69, 9.17) is 4.42 Å². The second kappa shape index (κ2) is 57.4. The van der Waals surface area contributed by atoms with Gasteiger partial charge in [-0.1, -0.05) is 203 Å². The molecule has 0 aliphatic heterocycles. The summed E-state index contributed by atoms with van der Waals surface area (Å²) in [6.07, 6.45) is 29.1. The number of nitrogens with zero attached hydrogens (tertiary/aromatic N) is 15. The van der Waals surface area contributed by atoms with Crippen LogP contribution in [0.1, 0.15) is 194 Å². The number of para-hydroxylation sites is 1. The molecule has 0 fully saturated rings. The quantitative estimate of drug-likeness (QED) is 0.158. The fourth-order valence-electron chi connectivity index (χ4n) is 11.0. The summed E-state index contributed by atoms with van der Waals surface area (Å²) in [5.41, 5.74) is 13.4. The van der Waals surface area contributed by atoms with Crippen LogP contribution in [0.4, 0.5) is 0 Å². The zero-order valence-electron chi connectivity index (χ0n) is 74.8. The van der Waals surface area contributed by atoms with Gasteiger partial charge in [0.15, 0.2) is 5.69 Å². The normalized spacial score (nSPS) is 9.25. The number of rotatable bonds is 5. The Morgan fingerprint density at radius 3 is 1.11 bits per heavy atom. The number of aryl methyl sites for hydroxylation is 15. The van der Waals surface area contributed by atoms with E-state index < -0.39 is 0 Å². The van der Waals surface area contributed by atoms with Crippen LogP contribution in [0.3, 0.4) is 0 Å². The standard InChI is InChI=1S/C18H17N2O.C18H17N2S.C11H14N3.2C10H13N4.12C2H6/c2*1-12-10-17-15(13-6-4-5-7-16(13)21-17)11-14(12)18-19(2)8-9-20(18)3;1-9-10(5-4-6-12-9)11-13(2)7-8-14(11)3;1-8-9(6-11-7-12-8)10-13(2)4-5-14(10)3;1-8-6-11-7-12-9(8)10-13(2)4-5-14(10)3;12*1-2/h2*4-11H,1-3H3;4-8H,1-3H3;2*4-7H,1-3H3;12*1-2H3/q5*+1;;;;;;;;;;;;. The highest BCUT2D eigenvalue weighted by atomic mass is 32.1. The third kappa shape index (κ3) is 27.5. The third-order valence-electron chi connectivity index (χ3n) is 15.3. The van der Waals surface area contributed by atoms with Crippen LogP contribution in [0.25, 0.3) is 99.2 Å². The molecule has 0 radical (unpaired) electrons. The van der Waals surface area contributed by atoms with Gasteiger partial charge in [0.05, 0.1) is 98.6 Å². The smallest absolute Gasteiger partial charge is 0.307 e. The van der Waals surface area contributed by atoms with Crippen LogP contribution in [0, 0.1) is 34.6 Å². The Morgan fingerprint density at radius 2 is 0.685 bits per heavy atom. The highest BCUT2D eigenvalue weighted by molar-refractivity contribution is 7.25. The van der Waals surface area contributed by atoms with Gasteiger partial charge in [-0.15, -0.1) is 11.3 Å². The van der Waals surface area contributed by atoms with Crippen molar-refractivity contribution in [1.29, 1.82) is 0 Å². The average Bonchev–Trinajstić information content (AvgIpc) is 1.61. The van der Waals surface area contributed by atoms with E-state index in [1.54, 1.807) is 12.7 Å². The van der Waals surface area contributed by atoms with Crippen molar-refractivity contribution in [2.24, 2.45) is 70.5 Å². The summed E-state index contributed by atoms with van der Waals surface area (Å²) < 4.78 is 29.8. The van der Waals surface area contributed by atoms with E-state index in [0.29, 0.717) is 0 Å². The Bertz CT molecular complexity index is 4200. The lowest BCUT2D eigenvalue weighted by atomic mass is 10.0. The molecule has 0 aliphatic carbocycles. The Kier molecular flexibility index (Phi) is 54.5. The number of thiophene rings is 1. The minimum Gasteiger partial charge on any atom is -0.456 e. The highest BCUT2D eigenvalue weighted by Crippen LogP contribution is 2.38. The molecule has 108 heavy (non-hydrogen) atoms. The van der Waals surface area contributed by atoms with Crippen LogP contribution in [0.2, 0.25) is 0 Å². The van der Waals surface area contributed by atoms with E-state index in [1.165, 1.54) is 76.2 Å². The average molecular weight is 1500 g/mol. The van der Waals surface area contributed by atoms with Crippen LogP contribution in [-0.2, 0) is 70.5 Å². The van der Waals surface area contributed by atoms with Crippen LogP contribution in [0.15, 0.2) is 183 Å². The number of fused-ring (bicyclic) bond motifs is 6. The second-order valence-electron chi connectivity index (χ2n) is 21.5. The molecule has 10 aromatic heterocycles. The lowest BCUT2D eigenvalue weighted by molar-refractivity contribution is -0.659. The van der Waals surface area contributed by atoms with Crippen molar-refractivity contribution in [2.45, 2.75) is 201 Å². The molecule has 4 aromatic carbocycles. The second-order valence-corrected chi connectivity index (χ2v) is 22.5. The maximum absolute atomic E-state index is 5.95. The maximum Gasteiger partial charge on any atom is 0.307 e. The van der Waals surface area contributed by atoms with Crippen molar-refractivity contribution in [3.05, 3.63) is 206 Å². The van der Waals surface area contributed by atoms with Gasteiger partial charge < -0.3 is 4.42 Å². The van der Waals surface area contributed by atoms with E-state index in [1.807, 2.05) is 315 Å². The fourth-order valence-corrected chi connectivity index (χ4v) is 12.2. The molecule has 17 heteroatoms. The summed E-state index contributed by atoms with van der Waals surface area (Å²) in [5, 5.41) is 5.06. The summed E-state index contributed by atoms with van der Waals surface area (Å²) in [7, 11) is 20.5. The largest absolute Gasteiger partial charge is 0.456 e. The van der Waals surface area contributed by atoms with Gasteiger partial charge in [0.25, 0.3) is 23.3 Å². The van der Waals surface area contributed by atoms with Crippen molar-refractivity contribution in [1.82, 2.24) is 47.8 Å². The van der Waals surface area contributed by atoms with E-state index in [-0.39, 0.29) is 0 Å². The first-order valence-corrected chi connectivity index (χ1v) is 40.6. The molecule has 0 bridgehead atoms. The van der Waals surface area contributed by atoms with Gasteiger partial charge in [0, 0.05) is 55.1 Å². The van der Waals surface area contributed by atoms with E-state index in [2.05, 4.69) is 204 Å². The van der Waals surface area contributed by atoms with Gasteiger partial charge in [0.2, 0.25) is 0 Å². The number of hydrogen-bond donors (Lipinski definition) is 0. The molecule has 592 valence electrons. The van der Waals surface area contributed by atoms with Gasteiger partial charge in [-0.3, -0.25) is 4.98 Å². The molecule has 0 unspecified atom stereocenters. The zero-order chi connectivity index (χ0) is 83.5. The monoisotopic (exact) mass is 1500 g/mol. The van der Waals surface area contributed by atoms with Crippen molar-refractivity contribution in [3.63, 3.8) is 0 Å². The first-order chi connectivity index (χ1) is 52.4. The molecule has 10 heterocycles. The van der Waals surface area contributed by atoms with E-state index in [9.17, 15) is 0 Å². The topological polar surface area (TPSA) is 122 Å². The predicted molar refractivity (Wildman–Crippen MR) is 469 cm³/mol. The molecular formula is C91H146N15OS+5. The van der Waals surface area contributed by atoms with Gasteiger partial charge in [0.1, 0.15) is 91.4 Å². The van der Waals surface area contributed by atoms with Crippen molar-refractivity contribution in [2.75, 3.05) is 0 Å². The Morgan fingerprint density at radius 1 is 0.315 bits per heavy atom. The Balaban J connectivity index is -0.00000120. The SMILES string of the molecule is CC.CC.CC.CC.CC.CC.CC.CC.CC.CC.CC.CC.Cc1cc2oc3ccccc3c2cc1-c1n(C)cc[n+]1C.Cc1cc2sc3ccccc3c2cc1-c1n(C)cc[n+]1C.Cc1cncnc1-c1n(C)cc[n+]1C.Cc1ncccc1-c1n(C)cc[n+]1C.Cc1ncncc1-c1n(C)cc[n+]1C. The molecule has 0 amide bonds. The lowest BCUT2D eigenvalue weighted by Gasteiger charge is -2.04. The molecule has 0 atom stereocenters. The Hall–Kier alpha value is -9.74. The maximum atomic E-state index is 5.95. The summed E-state index contributed by atoms with van der Waals surface area (Å²) in [5.74, 6) is 5.81. The van der Waals surface area contributed by atoms with Gasteiger partial charge >= 0.3 is 5.82 Å². The lowest BCUT2D eigenvalue weighted by Crippen LogP contribution is -2.29. The molecule has 0 saturated heterocycles. The van der Waals surface area contributed by atoms with Gasteiger partial charge in [-0.25, -0.2) is 65.6 Å². The van der Waals surface area contributed by atoms with E-state index >= 15 is 0 Å². The minimum atomic E-state index is 0.945. The van der Waals surface area contributed by atoms with Crippen LogP contribution >= 0.6 is 11.3 Å². The summed E-state index contributed by atoms with van der Waals surface area (Å²) >= 11 is 1.88. The summed E-state index contributed by atoms with van der Waals surface area (Å²) in [6.45, 7) is 58.4. The number of hydrogen-bond acceptors (Lipinski definition) is 7. The third-order valence-corrected chi connectivity index (χ3v) is 16.5. The van der Waals surface area contributed by atoms with Crippen molar-refractivity contribution >= 4 is 53.4 Å². The number of furan rings is 1. The number of imidazole rings is 5. The first kappa shape index (κ1) is 102. The summed E-state index contributed by atoms with van der Waals surface area (Å²) in [6, 6.07) is 30.0. The van der Waals surface area contributed by atoms with Gasteiger partial charge in [-0.05, 0) is 94.3 Å². The molecule has 0 spiro atoms. The summed E-state index contributed by atoms with van der Waals surface area (Å²) in [4.78, 5) is 20.8. The van der Waals surface area contributed by atoms with Crippen LogP contribution < -0.4 is 22.8 Å².